The molecule has 0 aliphatic heterocycles. The van der Waals surface area contributed by atoms with Crippen LogP contribution in [0.1, 0.15) is 34.1 Å². The minimum absolute atomic E-state index is 0.0600. The lowest BCUT2D eigenvalue weighted by Gasteiger charge is -2.20. The first kappa shape index (κ1) is 13.5. The van der Waals surface area contributed by atoms with Gasteiger partial charge in [-0.15, -0.1) is 11.3 Å². The highest BCUT2D eigenvalue weighted by Gasteiger charge is 2.29. The number of aryl methyl sites for hydroxylation is 2. The van der Waals surface area contributed by atoms with Gasteiger partial charge in [-0.1, -0.05) is 0 Å². The molecule has 0 atom stereocenters. The fourth-order valence-corrected chi connectivity index (χ4v) is 3.37. The zero-order chi connectivity index (χ0) is 14.1. The summed E-state index contributed by atoms with van der Waals surface area (Å²) in [6.07, 6.45) is 2.51. The molecule has 0 aromatic carbocycles. The van der Waals surface area contributed by atoms with Gasteiger partial charge in [-0.05, 0) is 38.8 Å². The SMILES string of the molecule is Cc1nc(CN(Cc2ccc(C)s2)C2CC2)cc(=O)[nH]1. The van der Waals surface area contributed by atoms with Crippen LogP contribution in [0.4, 0.5) is 0 Å². The molecule has 1 fully saturated rings. The molecular weight excluding hydrogens is 270 g/mol. The summed E-state index contributed by atoms with van der Waals surface area (Å²) < 4.78 is 0. The van der Waals surface area contributed by atoms with Crippen LogP contribution in [0, 0.1) is 13.8 Å². The molecular formula is C15H19N3OS. The number of nitrogens with zero attached hydrogens (tertiary/aromatic N) is 2. The Morgan fingerprint density at radius 2 is 2.15 bits per heavy atom. The quantitative estimate of drug-likeness (QED) is 0.920. The van der Waals surface area contributed by atoms with Crippen molar-refractivity contribution in [2.75, 3.05) is 0 Å². The van der Waals surface area contributed by atoms with Crippen molar-refractivity contribution in [3.05, 3.63) is 49.8 Å². The number of hydrogen-bond donors (Lipinski definition) is 1. The topological polar surface area (TPSA) is 49.0 Å². The van der Waals surface area contributed by atoms with Gasteiger partial charge in [-0.2, -0.15) is 0 Å². The first-order chi connectivity index (χ1) is 9.60. The summed E-state index contributed by atoms with van der Waals surface area (Å²) >= 11 is 1.85. The van der Waals surface area contributed by atoms with Crippen molar-refractivity contribution < 1.29 is 0 Å². The van der Waals surface area contributed by atoms with Crippen molar-refractivity contribution in [3.63, 3.8) is 0 Å². The highest BCUT2D eigenvalue weighted by atomic mass is 32.1. The third kappa shape index (κ3) is 3.35. The first-order valence-electron chi connectivity index (χ1n) is 6.96. The Balaban J connectivity index is 1.75. The number of aromatic nitrogens is 2. The van der Waals surface area contributed by atoms with Gasteiger partial charge in [0.25, 0.3) is 5.56 Å². The molecule has 1 aliphatic carbocycles. The average Bonchev–Trinajstić information content (AvgIpc) is 3.12. The summed E-state index contributed by atoms with van der Waals surface area (Å²) in [5.74, 6) is 0.690. The second kappa shape index (κ2) is 5.50. The van der Waals surface area contributed by atoms with Crippen LogP contribution in [0.25, 0.3) is 0 Å². The van der Waals surface area contributed by atoms with Gasteiger partial charge in [0.1, 0.15) is 5.82 Å². The van der Waals surface area contributed by atoms with Gasteiger partial charge in [0.15, 0.2) is 0 Å². The predicted molar refractivity (Wildman–Crippen MR) is 80.9 cm³/mol. The number of H-pyrrole nitrogens is 1. The summed E-state index contributed by atoms with van der Waals surface area (Å²) in [7, 11) is 0. The molecule has 0 spiro atoms. The summed E-state index contributed by atoms with van der Waals surface area (Å²) in [4.78, 5) is 23.8. The molecule has 106 valence electrons. The van der Waals surface area contributed by atoms with Crippen LogP contribution < -0.4 is 5.56 Å². The molecule has 4 nitrogen and oxygen atoms in total. The monoisotopic (exact) mass is 289 g/mol. The van der Waals surface area contributed by atoms with E-state index in [1.165, 1.54) is 22.6 Å². The van der Waals surface area contributed by atoms with Crippen LogP contribution in [0.5, 0.6) is 0 Å². The van der Waals surface area contributed by atoms with Gasteiger partial charge >= 0.3 is 0 Å². The van der Waals surface area contributed by atoms with Crippen LogP contribution in [-0.2, 0) is 13.1 Å². The minimum Gasteiger partial charge on any atom is -0.311 e. The Morgan fingerprint density at radius 3 is 2.75 bits per heavy atom. The zero-order valence-electron chi connectivity index (χ0n) is 11.8. The smallest absolute Gasteiger partial charge is 0.251 e. The Labute approximate surface area is 122 Å². The van der Waals surface area contributed by atoms with Crippen molar-refractivity contribution in [2.45, 2.75) is 45.8 Å². The lowest BCUT2D eigenvalue weighted by molar-refractivity contribution is 0.244. The molecule has 1 aliphatic rings. The summed E-state index contributed by atoms with van der Waals surface area (Å²) in [5, 5.41) is 0. The Kier molecular flexibility index (Phi) is 3.72. The fourth-order valence-electron chi connectivity index (χ4n) is 2.45. The Bertz CT molecular complexity index is 657. The molecule has 0 bridgehead atoms. The molecule has 2 aromatic rings. The normalized spacial score (nSPS) is 14.9. The molecule has 0 amide bonds. The van der Waals surface area contributed by atoms with Crippen LogP contribution in [0.2, 0.25) is 0 Å². The largest absolute Gasteiger partial charge is 0.311 e. The van der Waals surface area contributed by atoms with Gasteiger partial charge in [0, 0.05) is 35.0 Å². The van der Waals surface area contributed by atoms with Crippen molar-refractivity contribution in [2.24, 2.45) is 0 Å². The van der Waals surface area contributed by atoms with E-state index in [1.54, 1.807) is 6.07 Å². The molecule has 20 heavy (non-hydrogen) atoms. The van der Waals surface area contributed by atoms with E-state index in [9.17, 15) is 4.79 Å². The van der Waals surface area contributed by atoms with Crippen molar-refractivity contribution in [1.82, 2.24) is 14.9 Å². The molecule has 2 aromatic heterocycles. The summed E-state index contributed by atoms with van der Waals surface area (Å²) in [5.41, 5.74) is 0.807. The van der Waals surface area contributed by atoms with Crippen LogP contribution in [0.15, 0.2) is 23.0 Å². The third-order valence-electron chi connectivity index (χ3n) is 3.50. The van der Waals surface area contributed by atoms with E-state index in [-0.39, 0.29) is 5.56 Å². The Hall–Kier alpha value is -1.46. The van der Waals surface area contributed by atoms with Gasteiger partial charge in [-0.3, -0.25) is 9.69 Å². The molecule has 3 rings (SSSR count). The highest BCUT2D eigenvalue weighted by molar-refractivity contribution is 7.11. The molecule has 1 saturated carbocycles. The van der Waals surface area contributed by atoms with Gasteiger partial charge in [-0.25, -0.2) is 4.98 Å². The standard InChI is InChI=1S/C15H19N3OS/c1-10-3-6-14(20-10)9-18(13-4-5-13)8-12-7-15(19)17-11(2)16-12/h3,6-7,13H,4-5,8-9H2,1-2H3,(H,16,17,19). The van der Waals surface area contributed by atoms with E-state index in [0.29, 0.717) is 11.9 Å². The fraction of sp³-hybridized carbons (Fsp3) is 0.467. The average molecular weight is 289 g/mol. The van der Waals surface area contributed by atoms with Gasteiger partial charge < -0.3 is 4.98 Å². The van der Waals surface area contributed by atoms with E-state index < -0.39 is 0 Å². The van der Waals surface area contributed by atoms with Crippen LogP contribution >= 0.6 is 11.3 Å². The van der Waals surface area contributed by atoms with Crippen LogP contribution in [0.3, 0.4) is 0 Å². The van der Waals surface area contributed by atoms with E-state index >= 15 is 0 Å². The number of thiophene rings is 1. The molecule has 2 heterocycles. The van der Waals surface area contributed by atoms with E-state index in [1.807, 2.05) is 18.3 Å². The second-order valence-electron chi connectivity index (χ2n) is 5.47. The van der Waals surface area contributed by atoms with E-state index in [4.69, 9.17) is 0 Å². The summed E-state index contributed by atoms with van der Waals surface area (Å²) in [6, 6.07) is 6.63. The number of rotatable bonds is 5. The maximum atomic E-state index is 11.5. The number of hydrogen-bond acceptors (Lipinski definition) is 4. The van der Waals surface area contributed by atoms with Crippen molar-refractivity contribution >= 4 is 11.3 Å². The number of aromatic amines is 1. The highest BCUT2D eigenvalue weighted by Crippen LogP contribution is 2.30. The molecule has 1 N–H and O–H groups in total. The third-order valence-corrected chi connectivity index (χ3v) is 4.48. The zero-order valence-corrected chi connectivity index (χ0v) is 12.7. The number of nitrogens with one attached hydrogen (secondary N) is 1. The maximum Gasteiger partial charge on any atom is 0.251 e. The molecule has 0 saturated heterocycles. The first-order valence-corrected chi connectivity index (χ1v) is 7.78. The van der Waals surface area contributed by atoms with Crippen molar-refractivity contribution in [3.8, 4) is 0 Å². The van der Waals surface area contributed by atoms with Crippen LogP contribution in [-0.4, -0.2) is 20.9 Å². The Morgan fingerprint density at radius 1 is 1.35 bits per heavy atom. The van der Waals surface area contributed by atoms with E-state index in [0.717, 1.165) is 18.8 Å². The molecule has 5 heteroatoms. The maximum absolute atomic E-state index is 11.5. The predicted octanol–water partition coefficient (Wildman–Crippen LogP) is 2.61. The van der Waals surface area contributed by atoms with Gasteiger partial charge in [0.05, 0.1) is 5.69 Å². The van der Waals surface area contributed by atoms with Gasteiger partial charge in [0.2, 0.25) is 0 Å². The lowest BCUT2D eigenvalue weighted by Crippen LogP contribution is -2.26. The lowest BCUT2D eigenvalue weighted by atomic mass is 10.3. The minimum atomic E-state index is -0.0600. The molecule has 0 unspecified atom stereocenters. The summed E-state index contributed by atoms with van der Waals surface area (Å²) in [6.45, 7) is 5.68. The van der Waals surface area contributed by atoms with E-state index in [2.05, 4.69) is 33.9 Å². The van der Waals surface area contributed by atoms with Crippen molar-refractivity contribution in [1.29, 1.82) is 0 Å². The molecule has 0 radical (unpaired) electrons. The second-order valence-corrected chi connectivity index (χ2v) is 6.84.